The maximum atomic E-state index is 12.7. The topological polar surface area (TPSA) is 968 Å². The first-order chi connectivity index (χ1) is 39.3. The number of amides is 6. The molecule has 38 N–H and O–H groups in total. The number of aliphatic imine (C=N–C) groups is 2. The second kappa shape index (κ2) is 42.9. The summed E-state index contributed by atoms with van der Waals surface area (Å²) in [6.07, 6.45) is -12.7. The molecule has 0 radical (unpaired) electrons. The van der Waals surface area contributed by atoms with E-state index in [9.17, 15) is 59.4 Å². The molecule has 4 fully saturated rings. The Labute approximate surface area is 515 Å². The predicted molar refractivity (Wildman–Crippen MR) is 292 cm³/mol. The number of nitrogens with one attached hydrogen (secondary N) is 8. The number of fused-ring (bicyclic) bond motifs is 2. The molecule has 50 nitrogen and oxygen atoms in total. The summed E-state index contributed by atoms with van der Waals surface area (Å²) in [5.41, 5.74) is 33.0. The Morgan fingerprint density at radius 1 is 0.582 bits per heavy atom. The van der Waals surface area contributed by atoms with Gasteiger partial charge in [0.05, 0.1) is 37.5 Å². The minimum atomic E-state index is -5.17. The normalized spacial score (nSPS) is 28.9. The Morgan fingerprint density at radius 2 is 0.868 bits per heavy atom. The number of β-amino-alcohol motifs (C(OH)–C–C–N with tert-alkyl or cyclic N) is 2. The van der Waals surface area contributed by atoms with E-state index in [1.807, 2.05) is 0 Å². The van der Waals surface area contributed by atoms with E-state index in [1.54, 1.807) is 0 Å². The molecule has 6 aliphatic rings. The molecule has 0 bridgehead atoms. The molecular weight excluding hydrogens is 1320 g/mol. The fourth-order valence-corrected chi connectivity index (χ4v) is 8.60. The monoisotopic (exact) mass is 1400 g/mol. The van der Waals surface area contributed by atoms with Crippen LogP contribution in [0, 0.1) is 0 Å². The Balaban J connectivity index is -0.000000419. The van der Waals surface area contributed by atoms with Crippen LogP contribution >= 0.6 is 0 Å². The molecule has 6 heterocycles. The quantitative estimate of drug-likeness (QED) is 0.0448. The molecule has 91 heavy (non-hydrogen) atoms. The average Bonchev–Trinajstić information content (AvgIpc) is 1.79. The number of primary amides is 2. The smallest absolute Gasteiger partial charge is 0.404 e. The lowest BCUT2D eigenvalue weighted by Crippen LogP contribution is -2.70. The second-order valence-electron chi connectivity index (χ2n) is 18.6. The van der Waals surface area contributed by atoms with Crippen LogP contribution in [0.2, 0.25) is 0 Å². The number of ether oxygens (including phenoxy) is 4. The van der Waals surface area contributed by atoms with Gasteiger partial charge in [0.15, 0.2) is 48.7 Å². The van der Waals surface area contributed by atoms with Gasteiger partial charge in [-0.1, -0.05) is 0 Å². The molecule has 6 aliphatic heterocycles. The lowest BCUT2D eigenvalue weighted by atomic mass is 9.95. The van der Waals surface area contributed by atoms with Crippen molar-refractivity contribution in [2.75, 3.05) is 39.4 Å². The highest BCUT2D eigenvalue weighted by Crippen LogP contribution is 2.26. The molecule has 0 saturated carbocycles. The van der Waals surface area contributed by atoms with Crippen molar-refractivity contribution in [3.8, 4) is 0 Å². The lowest BCUT2D eigenvalue weighted by molar-refractivity contribution is -0.198. The van der Waals surface area contributed by atoms with Gasteiger partial charge in [-0.05, 0) is 38.8 Å². The van der Waals surface area contributed by atoms with Crippen LogP contribution in [0.4, 0.5) is 9.59 Å². The first kappa shape index (κ1) is 93.6. The molecule has 53 heteroatoms. The van der Waals surface area contributed by atoms with Crippen molar-refractivity contribution in [2.24, 2.45) is 44.4 Å². The molecule has 0 aromatic rings. The Hall–Kier alpha value is -6.15. The van der Waals surface area contributed by atoms with Crippen LogP contribution in [0.3, 0.4) is 0 Å². The summed E-state index contributed by atoms with van der Waals surface area (Å²) in [6.45, 7) is -0.343. The largest absolute Gasteiger partial charge is 0.759 e. The number of aliphatic hydroxyl groups excluding tert-OH is 6. The van der Waals surface area contributed by atoms with Crippen LogP contribution in [-0.4, -0.2) is 313 Å². The summed E-state index contributed by atoms with van der Waals surface area (Å²) in [5, 5.41) is 83.5. The van der Waals surface area contributed by atoms with E-state index in [0.29, 0.717) is 38.8 Å². The third kappa shape index (κ3) is 34.4. The lowest BCUT2D eigenvalue weighted by Gasteiger charge is -2.44. The molecule has 4 saturated heterocycles. The molecule has 0 spiro atoms. The van der Waals surface area contributed by atoms with Gasteiger partial charge >= 0.3 is 12.2 Å². The van der Waals surface area contributed by atoms with Crippen LogP contribution in [-0.2, 0) is 69.3 Å². The first-order valence-electron chi connectivity index (χ1n) is 24.7. The summed E-state index contributed by atoms with van der Waals surface area (Å²) in [7, 11) is -15.5. The fourth-order valence-electron chi connectivity index (χ4n) is 8.60. The fraction of sp³-hybridized carbons (Fsp3) is 0.789. The van der Waals surface area contributed by atoms with Gasteiger partial charge in [0, 0.05) is 69.2 Å². The molecule has 0 aliphatic carbocycles. The number of aliphatic hydroxyl groups is 6. The van der Waals surface area contributed by atoms with E-state index in [1.165, 1.54) is 0 Å². The molecule has 6 rings (SSSR count). The van der Waals surface area contributed by atoms with E-state index in [4.69, 9.17) is 106 Å². The van der Waals surface area contributed by atoms with E-state index in [-0.39, 0.29) is 82.5 Å². The van der Waals surface area contributed by atoms with E-state index < -0.39 is 178 Å². The Morgan fingerprint density at radius 3 is 1.11 bits per heavy atom. The summed E-state index contributed by atoms with van der Waals surface area (Å²) in [4.78, 5) is 80.7. The van der Waals surface area contributed by atoms with Gasteiger partial charge in [-0.25, -0.2) is 19.6 Å². The van der Waals surface area contributed by atoms with Crippen molar-refractivity contribution in [2.45, 2.75) is 148 Å². The summed E-state index contributed by atoms with van der Waals surface area (Å²) in [5.74, 6) is -1.66. The van der Waals surface area contributed by atoms with Crippen LogP contribution in [0.15, 0.2) is 9.98 Å². The molecule has 18 atom stereocenters. The Bertz CT molecular complexity index is 2420. The molecule has 0 aromatic heterocycles. The van der Waals surface area contributed by atoms with Crippen LogP contribution in [0.25, 0.3) is 0 Å². The summed E-state index contributed by atoms with van der Waals surface area (Å²) < 4.78 is 124. The minimum Gasteiger partial charge on any atom is -0.759 e. The van der Waals surface area contributed by atoms with E-state index in [0.717, 1.165) is 0 Å². The Kier molecular flexibility index (Phi) is 44.1. The predicted octanol–water partition coefficient (Wildman–Crippen LogP) is -20.5. The van der Waals surface area contributed by atoms with Gasteiger partial charge in [0.2, 0.25) is 23.6 Å². The number of hydrogen-bond acceptors (Lipinski definition) is 38. The number of rotatable bonds is 18. The summed E-state index contributed by atoms with van der Waals surface area (Å²) >= 11 is 0. The molecule has 540 valence electrons. The third-order valence-corrected chi connectivity index (χ3v) is 12.1. The molecule has 0 aromatic carbocycles. The standard InChI is InChI=1S/2C19H34N8O8.3H2O4S.6H2O/c2*20-3-1-2-7(21)4-10(30)24-13-14(31)15(35-18(22)33)9(6-28)34-17(13)27-19-25-11-8(29)5-23-16(32)12(11)26-19;3*1-5(2,3)4;;;;;;/h2*7-9,11-15,17,28-29,31H,1-6,20-21H2,(H2,22,33)(H,23,32)(H,24,30)(H2,25,26,27);3*(H2,1,2,3,4);6*1H2/p-6/t2*7?,8-,9-,11-,12+,13-,14+,15+,17-;;;;;;;;;/m11........./s1. The zero-order valence-corrected chi connectivity index (χ0v) is 49.6. The first-order valence-corrected chi connectivity index (χ1v) is 28.7. The molecule has 2 unspecified atom stereocenters. The number of hydrogen-bond donors (Lipinski definition) is 20. The van der Waals surface area contributed by atoms with Crippen molar-refractivity contribution in [1.29, 1.82) is 0 Å². The summed E-state index contributed by atoms with van der Waals surface area (Å²) in [6, 6.07) is -6.53. The van der Waals surface area contributed by atoms with Crippen LogP contribution < -0.4 is 76.9 Å². The third-order valence-electron chi connectivity index (χ3n) is 12.1. The van der Waals surface area contributed by atoms with E-state index >= 15 is 0 Å². The van der Waals surface area contributed by atoms with Gasteiger partial charge in [0.1, 0.15) is 36.5 Å². The number of nitrogens with zero attached hydrogens (tertiary/aromatic N) is 2. The number of carbonyl (C=O) groups is 6. The van der Waals surface area contributed by atoms with Gasteiger partial charge in [0.25, 0.3) is 0 Å². The highest BCUT2D eigenvalue weighted by Gasteiger charge is 2.52. The van der Waals surface area contributed by atoms with Crippen molar-refractivity contribution in [3.63, 3.8) is 0 Å². The number of carbonyl (C=O) groups excluding carboxylic acids is 6. The minimum absolute atomic E-state index is 0. The van der Waals surface area contributed by atoms with Crippen LogP contribution in [0.5, 0.6) is 0 Å². The van der Waals surface area contributed by atoms with Gasteiger partial charge in [-0.15, -0.1) is 0 Å². The van der Waals surface area contributed by atoms with Crippen molar-refractivity contribution in [3.05, 3.63) is 0 Å². The second-order valence-corrected chi connectivity index (χ2v) is 21.1. The number of nitrogens with two attached hydrogens (primary N) is 6. The molecular formula is C38H80N16O34S3-6. The zero-order chi connectivity index (χ0) is 64.9. The zero-order valence-electron chi connectivity index (χ0n) is 47.1. The maximum Gasteiger partial charge on any atom is 0.404 e. The number of piperidine rings is 2. The van der Waals surface area contributed by atoms with Crippen molar-refractivity contribution < 1.29 is 164 Å². The van der Waals surface area contributed by atoms with Crippen LogP contribution in [0.1, 0.15) is 38.5 Å². The maximum absolute atomic E-state index is 12.7. The molecule has 6 amide bonds. The SMILES string of the molecule is NCCCC(N)CC(=O)N[C@@H]1[C@H](O)[C@@H](OC(N)=O)[C@@H](CO)O[C@H]1NC1=N[C@@H]2C(=O)NC[C@@H](O)[C@H]2N1.NCCCC(N)CC(=O)N[C@@H]1[C@H](O)[C@@H](OC(N)=O)[C@@H](CO)O[C@H]1NC1=N[C@@H]2C(=O)NC[C@@H](O)[C@H]2N1.O.O.O.O.O.O.O=S(=O)([O-])[O-].O=S(=O)([O-])[O-].O=S(=O)([O-])[O-]. The van der Waals surface area contributed by atoms with Gasteiger partial charge in [-0.3, -0.25) is 44.4 Å². The van der Waals surface area contributed by atoms with Gasteiger partial charge in [-0.2, -0.15) is 0 Å². The highest BCUT2D eigenvalue weighted by atomic mass is 32.3. The average molecular weight is 1400 g/mol. The van der Waals surface area contributed by atoms with Crippen molar-refractivity contribution >= 4 is 78.9 Å². The van der Waals surface area contributed by atoms with Crippen molar-refractivity contribution in [1.82, 2.24) is 42.5 Å². The van der Waals surface area contributed by atoms with Gasteiger partial charge < -0.3 is 187 Å². The number of guanidine groups is 2. The van der Waals surface area contributed by atoms with E-state index in [2.05, 4.69) is 52.5 Å². The highest BCUT2D eigenvalue weighted by molar-refractivity contribution is 7.80.